The topological polar surface area (TPSA) is 27.1 Å². The molecule has 3 nitrogen and oxygen atoms in total. The second-order valence-electron chi connectivity index (χ2n) is 3.88. The van der Waals surface area contributed by atoms with E-state index >= 15 is 0 Å². The molecule has 1 aromatic carbocycles. The first-order chi connectivity index (χ1) is 8.47. The fourth-order valence-electron chi connectivity index (χ4n) is 1.57. The SMILES string of the molecule is Cn1ccc(COc2ccccc2[B-](F)(F)F)n1. The highest BCUT2D eigenvalue weighted by atomic mass is 19.4. The zero-order valence-corrected chi connectivity index (χ0v) is 9.69. The largest absolute Gasteiger partial charge is 0.513 e. The number of rotatable bonds is 4. The molecule has 0 aliphatic carbocycles. The van der Waals surface area contributed by atoms with Crippen LogP contribution in [0, 0.1) is 0 Å². The van der Waals surface area contributed by atoms with Crippen LogP contribution in [0.2, 0.25) is 0 Å². The van der Waals surface area contributed by atoms with Gasteiger partial charge in [-0.1, -0.05) is 23.7 Å². The predicted molar refractivity (Wildman–Crippen MR) is 62.7 cm³/mol. The van der Waals surface area contributed by atoms with Gasteiger partial charge in [-0.3, -0.25) is 4.68 Å². The summed E-state index contributed by atoms with van der Waals surface area (Å²) >= 11 is 0. The van der Waals surface area contributed by atoms with Crippen LogP contribution < -0.4 is 10.2 Å². The average Bonchev–Trinajstić information content (AvgIpc) is 2.72. The Hall–Kier alpha value is -1.92. The maximum Gasteiger partial charge on any atom is 0.513 e. The van der Waals surface area contributed by atoms with Crippen molar-refractivity contribution >= 4 is 12.4 Å². The molecule has 0 saturated carbocycles. The lowest BCUT2D eigenvalue weighted by atomic mass is 9.79. The van der Waals surface area contributed by atoms with Crippen molar-refractivity contribution in [3.63, 3.8) is 0 Å². The zero-order chi connectivity index (χ0) is 13.2. The van der Waals surface area contributed by atoms with Crippen molar-refractivity contribution < 1.29 is 17.7 Å². The second-order valence-corrected chi connectivity index (χ2v) is 3.88. The quantitative estimate of drug-likeness (QED) is 0.782. The molecule has 1 heterocycles. The van der Waals surface area contributed by atoms with Crippen LogP contribution in [0.1, 0.15) is 5.69 Å². The number of benzene rings is 1. The monoisotopic (exact) mass is 255 g/mol. The summed E-state index contributed by atoms with van der Waals surface area (Å²) in [5, 5.41) is 4.03. The minimum Gasteiger partial charge on any atom is -0.490 e. The van der Waals surface area contributed by atoms with Gasteiger partial charge in [0, 0.05) is 13.2 Å². The molecule has 0 unspecified atom stereocenters. The number of ether oxygens (including phenoxy) is 1. The summed E-state index contributed by atoms with van der Waals surface area (Å²) in [7, 11) is 1.73. The van der Waals surface area contributed by atoms with Gasteiger partial charge in [-0.2, -0.15) is 5.10 Å². The third kappa shape index (κ3) is 2.85. The predicted octanol–water partition coefficient (Wildman–Crippen LogP) is 2.05. The Morgan fingerprint density at radius 1 is 1.22 bits per heavy atom. The van der Waals surface area contributed by atoms with Gasteiger partial charge in [0.2, 0.25) is 0 Å². The summed E-state index contributed by atoms with van der Waals surface area (Å²) in [6.07, 6.45) is 1.71. The number of aryl methyl sites for hydroxylation is 1. The van der Waals surface area contributed by atoms with Crippen molar-refractivity contribution in [2.24, 2.45) is 7.05 Å². The van der Waals surface area contributed by atoms with Crippen LogP contribution >= 0.6 is 0 Å². The van der Waals surface area contributed by atoms with Crippen molar-refractivity contribution in [2.45, 2.75) is 6.61 Å². The minimum atomic E-state index is -5.07. The molecule has 2 aromatic rings. The fraction of sp³-hybridized carbons (Fsp3) is 0.182. The lowest BCUT2D eigenvalue weighted by Crippen LogP contribution is -2.35. The molecule has 0 bridgehead atoms. The smallest absolute Gasteiger partial charge is 0.490 e. The Morgan fingerprint density at radius 3 is 2.56 bits per heavy atom. The molecule has 0 spiro atoms. The van der Waals surface area contributed by atoms with E-state index in [1.807, 2.05) is 0 Å². The standard InChI is InChI=1S/C11H11BF3N2O/c1-17-7-6-9(16-17)8-18-11-5-3-2-4-10(11)12(13,14)15/h2-7H,8H2,1H3/q-1. The second kappa shape index (κ2) is 4.76. The van der Waals surface area contributed by atoms with Crippen LogP contribution in [0.3, 0.4) is 0 Å². The first-order valence-electron chi connectivity index (χ1n) is 5.37. The summed E-state index contributed by atoms with van der Waals surface area (Å²) in [6.45, 7) is -5.05. The van der Waals surface area contributed by atoms with Crippen LogP contribution in [-0.2, 0) is 13.7 Å². The number of halogens is 3. The molecule has 7 heteroatoms. The summed E-state index contributed by atoms with van der Waals surface area (Å²) in [4.78, 5) is 0. The van der Waals surface area contributed by atoms with Crippen molar-refractivity contribution in [1.29, 1.82) is 0 Å². The Morgan fingerprint density at radius 2 is 1.94 bits per heavy atom. The molecule has 0 aliphatic heterocycles. The van der Waals surface area contributed by atoms with Crippen molar-refractivity contribution in [1.82, 2.24) is 9.78 Å². The fourth-order valence-corrected chi connectivity index (χ4v) is 1.57. The molecular formula is C11H11BF3N2O-. The van der Waals surface area contributed by atoms with E-state index in [4.69, 9.17) is 4.74 Å². The highest BCUT2D eigenvalue weighted by molar-refractivity contribution is 6.74. The molecule has 18 heavy (non-hydrogen) atoms. The first kappa shape index (κ1) is 12.5. The first-order valence-corrected chi connectivity index (χ1v) is 5.37. The van der Waals surface area contributed by atoms with Crippen molar-refractivity contribution in [3.05, 3.63) is 42.2 Å². The molecular weight excluding hydrogens is 244 g/mol. The molecule has 2 rings (SSSR count). The van der Waals surface area contributed by atoms with Gasteiger partial charge < -0.3 is 17.7 Å². The molecule has 96 valence electrons. The van der Waals surface area contributed by atoms with Gasteiger partial charge >= 0.3 is 6.98 Å². The van der Waals surface area contributed by atoms with Crippen LogP contribution in [0.5, 0.6) is 5.75 Å². The van der Waals surface area contributed by atoms with E-state index in [2.05, 4.69) is 5.10 Å². The van der Waals surface area contributed by atoms with Gasteiger partial charge in [-0.15, -0.1) is 0 Å². The van der Waals surface area contributed by atoms with E-state index < -0.39 is 12.4 Å². The third-order valence-corrected chi connectivity index (χ3v) is 2.42. The van der Waals surface area contributed by atoms with E-state index in [9.17, 15) is 12.9 Å². The maximum absolute atomic E-state index is 12.7. The molecule has 0 saturated heterocycles. The van der Waals surface area contributed by atoms with E-state index in [-0.39, 0.29) is 12.4 Å². The number of para-hydroxylation sites is 1. The van der Waals surface area contributed by atoms with E-state index in [0.717, 1.165) is 6.07 Å². The van der Waals surface area contributed by atoms with E-state index in [1.165, 1.54) is 18.2 Å². The van der Waals surface area contributed by atoms with Gasteiger partial charge in [0.05, 0.1) is 11.4 Å². The Bertz CT molecular complexity index is 539. The summed E-state index contributed by atoms with van der Waals surface area (Å²) < 4.78 is 45.0. The highest BCUT2D eigenvalue weighted by Crippen LogP contribution is 2.18. The molecule has 0 atom stereocenters. The molecule has 0 fully saturated rings. The molecule has 1 aromatic heterocycles. The van der Waals surface area contributed by atoms with Crippen LogP contribution in [-0.4, -0.2) is 16.8 Å². The lowest BCUT2D eigenvalue weighted by molar-refractivity contribution is 0.301. The maximum atomic E-state index is 12.7. The Balaban J connectivity index is 2.14. The average molecular weight is 255 g/mol. The molecule has 0 aliphatic rings. The summed E-state index contributed by atoms with van der Waals surface area (Å²) in [6, 6.07) is 6.89. The number of hydrogen-bond acceptors (Lipinski definition) is 2. The number of hydrogen-bond donors (Lipinski definition) is 0. The van der Waals surface area contributed by atoms with E-state index in [1.54, 1.807) is 24.0 Å². The Labute approximate surface area is 102 Å². The number of nitrogens with zero attached hydrogens (tertiary/aromatic N) is 2. The van der Waals surface area contributed by atoms with E-state index in [0.29, 0.717) is 5.69 Å². The minimum absolute atomic E-state index is 0.0179. The zero-order valence-electron chi connectivity index (χ0n) is 9.69. The van der Waals surface area contributed by atoms with Crippen molar-refractivity contribution in [3.8, 4) is 5.75 Å². The molecule has 0 radical (unpaired) electrons. The van der Waals surface area contributed by atoms with Crippen LogP contribution in [0.15, 0.2) is 36.5 Å². The van der Waals surface area contributed by atoms with Gasteiger partial charge in [0.25, 0.3) is 0 Å². The molecule has 0 amide bonds. The van der Waals surface area contributed by atoms with Gasteiger partial charge in [-0.25, -0.2) is 0 Å². The lowest BCUT2D eigenvalue weighted by Gasteiger charge is -2.19. The van der Waals surface area contributed by atoms with Crippen LogP contribution in [0.4, 0.5) is 12.9 Å². The summed E-state index contributed by atoms with van der Waals surface area (Å²) in [5.74, 6) is -0.157. The third-order valence-electron chi connectivity index (χ3n) is 2.42. The highest BCUT2D eigenvalue weighted by Gasteiger charge is 2.28. The van der Waals surface area contributed by atoms with Gasteiger partial charge in [-0.05, 0) is 12.1 Å². The van der Waals surface area contributed by atoms with Crippen molar-refractivity contribution in [2.75, 3.05) is 0 Å². The normalized spacial score (nSPS) is 11.6. The molecule has 0 N–H and O–H groups in total. The Kier molecular flexibility index (Phi) is 3.31. The number of aromatic nitrogens is 2. The van der Waals surface area contributed by atoms with Gasteiger partial charge in [0.15, 0.2) is 0 Å². The van der Waals surface area contributed by atoms with Crippen LogP contribution in [0.25, 0.3) is 0 Å². The van der Waals surface area contributed by atoms with Gasteiger partial charge in [0.1, 0.15) is 6.61 Å². The summed E-state index contributed by atoms with van der Waals surface area (Å²) in [5.41, 5.74) is -0.129.